The average Bonchev–Trinajstić information content (AvgIpc) is 2.75. The quantitative estimate of drug-likeness (QED) is 0.576. The first-order valence-electron chi connectivity index (χ1n) is 8.04. The molecule has 0 radical (unpaired) electrons. The number of rotatable bonds is 1. The second-order valence-electron chi connectivity index (χ2n) is 6.07. The van der Waals surface area contributed by atoms with E-state index < -0.39 is 6.04 Å². The molecule has 0 saturated heterocycles. The van der Waals surface area contributed by atoms with Crippen LogP contribution in [-0.2, 0) is 0 Å². The SMILES string of the molecule is CN1NC(c2ccc(Br)cc2)C(O)=C(C#N)c2nc3cc(Cl)ccc3nc21. The topological polar surface area (TPSA) is 85.1 Å². The van der Waals surface area contributed by atoms with E-state index in [9.17, 15) is 10.4 Å². The fourth-order valence-corrected chi connectivity index (χ4v) is 3.43. The summed E-state index contributed by atoms with van der Waals surface area (Å²) in [5, 5.41) is 22.8. The number of aliphatic hydroxyl groups is 1. The number of fused-ring (bicyclic) bond motifs is 2. The highest BCUT2D eigenvalue weighted by molar-refractivity contribution is 9.10. The third kappa shape index (κ3) is 3.12. The van der Waals surface area contributed by atoms with Crippen molar-refractivity contribution in [3.8, 4) is 6.07 Å². The van der Waals surface area contributed by atoms with Gasteiger partial charge in [-0.25, -0.2) is 15.4 Å². The van der Waals surface area contributed by atoms with Crippen molar-refractivity contribution in [3.63, 3.8) is 0 Å². The van der Waals surface area contributed by atoms with E-state index in [1.807, 2.05) is 24.3 Å². The number of aromatic nitrogens is 2. The standard InChI is InChI=1S/C19H13BrClN5O/c1-26-19-17(23-15-8-12(21)6-7-14(15)24-19)13(9-22)18(27)16(25-26)10-2-4-11(20)5-3-10/h2-8,16,25,27H,1H3. The first-order valence-corrected chi connectivity index (χ1v) is 9.21. The molecule has 27 heavy (non-hydrogen) atoms. The van der Waals surface area contributed by atoms with Crippen molar-refractivity contribution in [1.82, 2.24) is 15.4 Å². The second-order valence-corrected chi connectivity index (χ2v) is 7.43. The number of nitrogens with one attached hydrogen (secondary N) is 1. The third-order valence-electron chi connectivity index (χ3n) is 4.33. The Morgan fingerprint density at radius 2 is 1.93 bits per heavy atom. The van der Waals surface area contributed by atoms with E-state index in [1.54, 1.807) is 30.3 Å². The summed E-state index contributed by atoms with van der Waals surface area (Å²) in [7, 11) is 1.77. The first-order chi connectivity index (χ1) is 13.0. The number of nitriles is 1. The Balaban J connectivity index is 1.94. The Bertz CT molecular complexity index is 1120. The molecule has 2 N–H and O–H groups in total. The summed E-state index contributed by atoms with van der Waals surface area (Å²) in [6.07, 6.45) is 0. The van der Waals surface area contributed by atoms with Crippen LogP contribution in [0.5, 0.6) is 0 Å². The molecule has 1 atom stereocenters. The lowest BCUT2D eigenvalue weighted by Crippen LogP contribution is -2.38. The number of hydrazine groups is 1. The van der Waals surface area contributed by atoms with Gasteiger partial charge in [0.2, 0.25) is 0 Å². The Labute approximate surface area is 168 Å². The van der Waals surface area contributed by atoms with Crippen molar-refractivity contribution in [2.24, 2.45) is 0 Å². The number of benzene rings is 2. The van der Waals surface area contributed by atoms with Crippen LogP contribution in [0, 0.1) is 11.3 Å². The minimum Gasteiger partial charge on any atom is -0.509 e. The number of halogens is 2. The minimum absolute atomic E-state index is 0.0733. The van der Waals surface area contributed by atoms with Crippen LogP contribution >= 0.6 is 27.5 Å². The van der Waals surface area contributed by atoms with E-state index in [-0.39, 0.29) is 11.3 Å². The molecule has 0 aliphatic carbocycles. The van der Waals surface area contributed by atoms with Crippen LogP contribution in [0.15, 0.2) is 52.7 Å². The summed E-state index contributed by atoms with van der Waals surface area (Å²) < 4.78 is 0.923. The third-order valence-corrected chi connectivity index (χ3v) is 5.09. The minimum atomic E-state index is -0.611. The van der Waals surface area contributed by atoms with Crippen LogP contribution in [0.1, 0.15) is 17.3 Å². The zero-order chi connectivity index (χ0) is 19.1. The van der Waals surface area contributed by atoms with E-state index in [4.69, 9.17) is 11.6 Å². The number of allylic oxidation sites excluding steroid dienone is 1. The van der Waals surface area contributed by atoms with Gasteiger partial charge in [0.25, 0.3) is 0 Å². The van der Waals surface area contributed by atoms with Gasteiger partial charge in [-0.1, -0.05) is 39.7 Å². The highest BCUT2D eigenvalue weighted by Crippen LogP contribution is 2.35. The molecule has 1 aromatic heterocycles. The van der Waals surface area contributed by atoms with Crippen molar-refractivity contribution in [2.45, 2.75) is 6.04 Å². The van der Waals surface area contributed by atoms with Gasteiger partial charge in [0, 0.05) is 16.5 Å². The molecule has 3 aromatic rings. The highest BCUT2D eigenvalue weighted by Gasteiger charge is 2.30. The average molecular weight is 443 g/mol. The normalized spacial score (nSPS) is 16.8. The number of nitrogens with zero attached hydrogens (tertiary/aromatic N) is 4. The molecule has 134 valence electrons. The molecule has 2 heterocycles. The van der Waals surface area contributed by atoms with Crippen molar-refractivity contribution in [3.05, 3.63) is 69.0 Å². The van der Waals surface area contributed by atoms with E-state index >= 15 is 0 Å². The molecule has 1 unspecified atom stereocenters. The van der Waals surface area contributed by atoms with Crippen LogP contribution in [-0.4, -0.2) is 22.1 Å². The highest BCUT2D eigenvalue weighted by atomic mass is 79.9. The molecule has 2 aromatic carbocycles. The first kappa shape index (κ1) is 17.7. The molecule has 0 amide bonds. The fraction of sp³-hybridized carbons (Fsp3) is 0.105. The van der Waals surface area contributed by atoms with Crippen LogP contribution < -0.4 is 10.4 Å². The number of hydrogen-bond donors (Lipinski definition) is 2. The second kappa shape index (κ2) is 6.82. The Kier molecular flexibility index (Phi) is 4.48. The zero-order valence-electron chi connectivity index (χ0n) is 14.1. The molecule has 0 spiro atoms. The largest absolute Gasteiger partial charge is 0.509 e. The van der Waals surface area contributed by atoms with E-state index in [1.165, 1.54) is 0 Å². The van der Waals surface area contributed by atoms with Gasteiger partial charge in [0.05, 0.1) is 11.0 Å². The maximum Gasteiger partial charge on any atom is 0.170 e. The predicted molar refractivity (Wildman–Crippen MR) is 108 cm³/mol. The van der Waals surface area contributed by atoms with Crippen LogP contribution in [0.2, 0.25) is 5.02 Å². The van der Waals surface area contributed by atoms with Gasteiger partial charge >= 0.3 is 0 Å². The summed E-state index contributed by atoms with van der Waals surface area (Å²) in [6, 6.07) is 14.1. The van der Waals surface area contributed by atoms with Crippen LogP contribution in [0.25, 0.3) is 16.6 Å². The van der Waals surface area contributed by atoms with Crippen molar-refractivity contribution in [2.75, 3.05) is 12.1 Å². The molecular formula is C19H13BrClN5O. The molecule has 8 heteroatoms. The van der Waals surface area contributed by atoms with Gasteiger partial charge in [-0.2, -0.15) is 5.26 Å². The Morgan fingerprint density at radius 1 is 1.19 bits per heavy atom. The van der Waals surface area contributed by atoms with Crippen molar-refractivity contribution < 1.29 is 5.11 Å². The fourth-order valence-electron chi connectivity index (χ4n) is 3.00. The molecule has 6 nitrogen and oxygen atoms in total. The summed E-state index contributed by atoms with van der Waals surface area (Å²) in [4.78, 5) is 9.17. The van der Waals surface area contributed by atoms with E-state index in [0.29, 0.717) is 27.6 Å². The molecule has 0 fully saturated rings. The Hall–Kier alpha value is -2.66. The molecule has 0 saturated carbocycles. The lowest BCUT2D eigenvalue weighted by atomic mass is 10.0. The van der Waals surface area contributed by atoms with E-state index in [2.05, 4.69) is 37.4 Å². The smallest absolute Gasteiger partial charge is 0.170 e. The predicted octanol–water partition coefficient (Wildman–Crippen LogP) is 4.53. The number of hydrogen-bond acceptors (Lipinski definition) is 6. The lowest BCUT2D eigenvalue weighted by molar-refractivity contribution is 0.346. The van der Waals surface area contributed by atoms with Crippen molar-refractivity contribution >= 4 is 50.0 Å². The summed E-state index contributed by atoms with van der Waals surface area (Å²) in [6.45, 7) is 0. The maximum absolute atomic E-state index is 10.9. The monoisotopic (exact) mass is 441 g/mol. The number of aliphatic hydroxyl groups excluding tert-OH is 1. The summed E-state index contributed by atoms with van der Waals surface area (Å²) in [5.41, 5.74) is 5.57. The maximum atomic E-state index is 10.9. The molecule has 1 aliphatic rings. The molecule has 4 rings (SSSR count). The van der Waals surface area contributed by atoms with Crippen molar-refractivity contribution in [1.29, 1.82) is 5.26 Å². The number of anilines is 1. The molecular weight excluding hydrogens is 430 g/mol. The molecule has 0 bridgehead atoms. The summed E-state index contributed by atoms with van der Waals surface area (Å²) in [5.74, 6) is 0.341. The van der Waals surface area contributed by atoms with Crippen LogP contribution in [0.3, 0.4) is 0 Å². The van der Waals surface area contributed by atoms with Gasteiger partial charge < -0.3 is 5.11 Å². The molecule has 1 aliphatic heterocycles. The van der Waals surface area contributed by atoms with Gasteiger partial charge in [-0.05, 0) is 35.9 Å². The van der Waals surface area contributed by atoms with Gasteiger partial charge in [-0.3, -0.25) is 5.01 Å². The van der Waals surface area contributed by atoms with E-state index in [0.717, 1.165) is 10.0 Å². The summed E-state index contributed by atoms with van der Waals surface area (Å²) >= 11 is 9.46. The lowest BCUT2D eigenvalue weighted by Gasteiger charge is -2.24. The van der Waals surface area contributed by atoms with Gasteiger partial charge in [-0.15, -0.1) is 0 Å². The van der Waals surface area contributed by atoms with Crippen LogP contribution in [0.4, 0.5) is 5.82 Å². The van der Waals surface area contributed by atoms with Gasteiger partial charge in [0.1, 0.15) is 29.1 Å². The zero-order valence-corrected chi connectivity index (χ0v) is 16.5. The Morgan fingerprint density at radius 3 is 2.63 bits per heavy atom. The van der Waals surface area contributed by atoms with Gasteiger partial charge in [0.15, 0.2) is 5.82 Å².